The first-order valence-electron chi connectivity index (χ1n) is 8.84. The van der Waals surface area contributed by atoms with Gasteiger partial charge in [-0.15, -0.1) is 0 Å². The van der Waals surface area contributed by atoms with Crippen molar-refractivity contribution in [3.05, 3.63) is 28.8 Å². The van der Waals surface area contributed by atoms with Gasteiger partial charge in [0.25, 0.3) is 5.91 Å². The van der Waals surface area contributed by atoms with Gasteiger partial charge in [-0.25, -0.2) is 21.1 Å². The standard InChI is InChI=1S/C17H21ClN2O6S2/c1-3-19(13-6-7-27(23,24)10-13)17(22)14-8-12(4-5-15(14)18)20-16(21)11(2)9-28(20,25)26/h4-5,8,11,13H,3,6-7,9-10H2,1-2H3. The predicted octanol–water partition coefficient (Wildman–Crippen LogP) is 1.30. The summed E-state index contributed by atoms with van der Waals surface area (Å²) in [5, 5.41) is 0.102. The van der Waals surface area contributed by atoms with E-state index in [1.54, 1.807) is 6.92 Å². The Balaban J connectivity index is 1.97. The molecule has 0 saturated carbocycles. The minimum absolute atomic E-state index is 0.0215. The third-order valence-electron chi connectivity index (χ3n) is 5.03. The molecule has 1 aromatic carbocycles. The first-order valence-corrected chi connectivity index (χ1v) is 12.7. The average Bonchev–Trinajstić information content (AvgIpc) is 3.05. The van der Waals surface area contributed by atoms with Crippen LogP contribution in [0.5, 0.6) is 0 Å². The third-order valence-corrected chi connectivity index (χ3v) is 8.97. The highest BCUT2D eigenvalue weighted by atomic mass is 35.5. The minimum Gasteiger partial charge on any atom is -0.335 e. The molecule has 8 nitrogen and oxygen atoms in total. The summed E-state index contributed by atoms with van der Waals surface area (Å²) < 4.78 is 48.9. The van der Waals surface area contributed by atoms with Gasteiger partial charge in [-0.05, 0) is 31.5 Å². The van der Waals surface area contributed by atoms with Crippen molar-refractivity contribution in [1.82, 2.24) is 4.90 Å². The molecule has 11 heteroatoms. The van der Waals surface area contributed by atoms with Crippen molar-refractivity contribution in [2.45, 2.75) is 26.3 Å². The molecular weight excluding hydrogens is 428 g/mol. The first-order chi connectivity index (χ1) is 13.0. The number of sulfonamides is 1. The van der Waals surface area contributed by atoms with E-state index in [9.17, 15) is 26.4 Å². The van der Waals surface area contributed by atoms with Gasteiger partial charge in [0.1, 0.15) is 0 Å². The van der Waals surface area contributed by atoms with Crippen LogP contribution in [-0.2, 0) is 24.7 Å². The molecule has 2 heterocycles. The van der Waals surface area contributed by atoms with Crippen molar-refractivity contribution >= 4 is 49.0 Å². The zero-order valence-corrected chi connectivity index (χ0v) is 17.8. The summed E-state index contributed by atoms with van der Waals surface area (Å²) in [6, 6.07) is 3.57. The smallest absolute Gasteiger partial charge is 0.255 e. The fourth-order valence-electron chi connectivity index (χ4n) is 3.63. The molecule has 0 bridgehead atoms. The average molecular weight is 449 g/mol. The minimum atomic E-state index is -3.81. The molecule has 2 atom stereocenters. The fraction of sp³-hybridized carbons (Fsp3) is 0.529. The van der Waals surface area contributed by atoms with Crippen molar-refractivity contribution < 1.29 is 26.4 Å². The van der Waals surface area contributed by atoms with Gasteiger partial charge in [0.05, 0.1) is 39.4 Å². The zero-order valence-electron chi connectivity index (χ0n) is 15.5. The molecule has 2 aliphatic heterocycles. The maximum atomic E-state index is 13.1. The van der Waals surface area contributed by atoms with E-state index >= 15 is 0 Å². The number of carbonyl (C=O) groups excluding carboxylic acids is 2. The molecule has 154 valence electrons. The summed E-state index contributed by atoms with van der Waals surface area (Å²) in [6.45, 7) is 3.54. The Morgan fingerprint density at radius 1 is 1.25 bits per heavy atom. The highest BCUT2D eigenvalue weighted by Crippen LogP contribution is 2.32. The van der Waals surface area contributed by atoms with Gasteiger partial charge in [0.2, 0.25) is 15.9 Å². The van der Waals surface area contributed by atoms with E-state index in [2.05, 4.69) is 0 Å². The molecule has 2 saturated heterocycles. The van der Waals surface area contributed by atoms with Gasteiger partial charge in [-0.2, -0.15) is 0 Å². The van der Waals surface area contributed by atoms with Crippen molar-refractivity contribution in [1.29, 1.82) is 0 Å². The lowest BCUT2D eigenvalue weighted by molar-refractivity contribution is -0.119. The molecule has 0 aliphatic carbocycles. The molecule has 2 fully saturated rings. The molecular formula is C17H21ClN2O6S2. The molecule has 1 aromatic rings. The fourth-order valence-corrected chi connectivity index (χ4v) is 7.38. The van der Waals surface area contributed by atoms with Crippen LogP contribution < -0.4 is 4.31 Å². The molecule has 0 radical (unpaired) electrons. The highest BCUT2D eigenvalue weighted by molar-refractivity contribution is 7.94. The van der Waals surface area contributed by atoms with Crippen LogP contribution in [0.2, 0.25) is 5.02 Å². The zero-order chi connectivity index (χ0) is 20.9. The van der Waals surface area contributed by atoms with Crippen LogP contribution >= 0.6 is 11.6 Å². The molecule has 0 aromatic heterocycles. The molecule has 3 rings (SSSR count). The van der Waals surface area contributed by atoms with Gasteiger partial charge in [0.15, 0.2) is 9.84 Å². The number of hydrogen-bond acceptors (Lipinski definition) is 6. The van der Waals surface area contributed by atoms with Gasteiger partial charge in [-0.1, -0.05) is 18.5 Å². The summed E-state index contributed by atoms with van der Waals surface area (Å²) in [5.74, 6) is -2.11. The Hall–Kier alpha value is -1.65. The lowest BCUT2D eigenvalue weighted by atomic mass is 10.1. The number of sulfone groups is 1. The number of hydrogen-bond donors (Lipinski definition) is 0. The maximum Gasteiger partial charge on any atom is 0.255 e. The summed E-state index contributed by atoms with van der Waals surface area (Å²) in [7, 11) is -7.00. The van der Waals surface area contributed by atoms with E-state index in [1.807, 2.05) is 0 Å². The monoisotopic (exact) mass is 448 g/mol. The second kappa shape index (κ2) is 7.31. The Labute approximate surface area is 169 Å². The quantitative estimate of drug-likeness (QED) is 0.686. The highest BCUT2D eigenvalue weighted by Gasteiger charge is 2.42. The second-order valence-electron chi connectivity index (χ2n) is 7.09. The largest absolute Gasteiger partial charge is 0.335 e. The van der Waals surface area contributed by atoms with Gasteiger partial charge in [0, 0.05) is 12.6 Å². The number of anilines is 1. The van der Waals surface area contributed by atoms with Crippen LogP contribution in [0, 0.1) is 5.92 Å². The molecule has 0 spiro atoms. The topological polar surface area (TPSA) is 109 Å². The number of rotatable bonds is 4. The number of amides is 2. The van der Waals surface area contributed by atoms with Crippen LogP contribution in [0.1, 0.15) is 30.6 Å². The second-order valence-corrected chi connectivity index (χ2v) is 11.6. The van der Waals surface area contributed by atoms with E-state index < -0.39 is 43.6 Å². The maximum absolute atomic E-state index is 13.1. The van der Waals surface area contributed by atoms with Gasteiger partial charge < -0.3 is 4.90 Å². The Morgan fingerprint density at radius 3 is 2.43 bits per heavy atom. The van der Waals surface area contributed by atoms with Crippen molar-refractivity contribution in [2.75, 3.05) is 28.1 Å². The number of nitrogens with zero attached hydrogens (tertiary/aromatic N) is 2. The van der Waals surface area contributed by atoms with E-state index in [0.29, 0.717) is 10.7 Å². The van der Waals surface area contributed by atoms with Crippen molar-refractivity contribution in [2.24, 2.45) is 5.92 Å². The third kappa shape index (κ3) is 3.77. The van der Waals surface area contributed by atoms with E-state index in [1.165, 1.54) is 30.0 Å². The SMILES string of the molecule is CCN(C(=O)c1cc(N2C(=O)C(C)CS2(=O)=O)ccc1Cl)C1CCS(=O)(=O)C1. The van der Waals surface area contributed by atoms with Crippen molar-refractivity contribution in [3.8, 4) is 0 Å². The van der Waals surface area contributed by atoms with Crippen molar-refractivity contribution in [3.63, 3.8) is 0 Å². The van der Waals surface area contributed by atoms with E-state index in [0.717, 1.165) is 0 Å². The van der Waals surface area contributed by atoms with Gasteiger partial charge >= 0.3 is 0 Å². The number of benzene rings is 1. The lowest BCUT2D eigenvalue weighted by Crippen LogP contribution is -2.41. The van der Waals surface area contributed by atoms with Crippen LogP contribution in [0.25, 0.3) is 0 Å². The van der Waals surface area contributed by atoms with Crippen LogP contribution in [-0.4, -0.2) is 63.4 Å². The number of halogens is 1. The molecule has 0 N–H and O–H groups in total. The Morgan fingerprint density at radius 2 is 1.93 bits per heavy atom. The summed E-state index contributed by atoms with van der Waals surface area (Å²) in [6.07, 6.45) is 0.343. The first kappa shape index (κ1) is 21.1. The summed E-state index contributed by atoms with van der Waals surface area (Å²) >= 11 is 6.18. The van der Waals surface area contributed by atoms with Crippen LogP contribution in [0.3, 0.4) is 0 Å². The molecule has 28 heavy (non-hydrogen) atoms. The normalized spacial score (nSPS) is 25.8. The summed E-state index contributed by atoms with van der Waals surface area (Å²) in [5.41, 5.74) is 0.0880. The summed E-state index contributed by atoms with van der Waals surface area (Å²) in [4.78, 5) is 26.8. The van der Waals surface area contributed by atoms with Crippen LogP contribution in [0.15, 0.2) is 18.2 Å². The Bertz CT molecular complexity index is 1040. The van der Waals surface area contributed by atoms with Crippen LogP contribution in [0.4, 0.5) is 5.69 Å². The molecule has 2 unspecified atom stereocenters. The Kier molecular flexibility index (Phi) is 5.50. The van der Waals surface area contributed by atoms with E-state index in [4.69, 9.17) is 11.6 Å². The molecule has 2 aliphatic rings. The molecule has 2 amide bonds. The van der Waals surface area contributed by atoms with E-state index in [-0.39, 0.29) is 40.1 Å². The predicted molar refractivity (Wildman–Crippen MR) is 106 cm³/mol. The lowest BCUT2D eigenvalue weighted by Gasteiger charge is -2.27. The van der Waals surface area contributed by atoms with Gasteiger partial charge in [-0.3, -0.25) is 9.59 Å². The number of carbonyl (C=O) groups is 2.